The molecule has 0 aliphatic heterocycles. The first kappa shape index (κ1) is 15.3. The molecule has 1 amide bonds. The van der Waals surface area contributed by atoms with Gasteiger partial charge in [0.1, 0.15) is 5.75 Å². The third kappa shape index (κ3) is 3.73. The Kier molecular flexibility index (Phi) is 4.48. The van der Waals surface area contributed by atoms with E-state index in [0.29, 0.717) is 13.0 Å². The summed E-state index contributed by atoms with van der Waals surface area (Å²) in [6.07, 6.45) is 0.307. The normalized spacial score (nSPS) is 11.6. The van der Waals surface area contributed by atoms with Gasteiger partial charge in [-0.25, -0.2) is 0 Å². The molecule has 0 saturated heterocycles. The molecule has 112 valence electrons. The third-order valence-corrected chi connectivity index (χ3v) is 3.57. The quantitative estimate of drug-likeness (QED) is 0.858. The molecular formula is C17H22N2O2. The van der Waals surface area contributed by atoms with E-state index in [1.54, 1.807) is 7.11 Å². The Morgan fingerprint density at radius 1 is 1.19 bits per heavy atom. The van der Waals surface area contributed by atoms with Crippen molar-refractivity contribution in [2.24, 2.45) is 5.73 Å². The van der Waals surface area contributed by atoms with Gasteiger partial charge in [0.25, 0.3) is 0 Å². The van der Waals surface area contributed by atoms with Gasteiger partial charge < -0.3 is 15.8 Å². The van der Waals surface area contributed by atoms with Crippen molar-refractivity contribution in [1.29, 1.82) is 0 Å². The topological polar surface area (TPSA) is 64.3 Å². The first-order valence-corrected chi connectivity index (χ1v) is 7.01. The number of nitrogens with one attached hydrogen (secondary N) is 1. The average molecular weight is 286 g/mol. The zero-order chi connectivity index (χ0) is 15.5. The molecule has 0 heterocycles. The Labute approximate surface area is 125 Å². The molecule has 0 bridgehead atoms. The fourth-order valence-electron chi connectivity index (χ4n) is 2.50. The molecule has 0 radical (unpaired) electrons. The van der Waals surface area contributed by atoms with Crippen LogP contribution in [0.1, 0.15) is 25.8 Å². The molecule has 4 heteroatoms. The van der Waals surface area contributed by atoms with Gasteiger partial charge in [-0.05, 0) is 30.9 Å². The maximum Gasteiger partial charge on any atom is 0.219 e. The summed E-state index contributed by atoms with van der Waals surface area (Å²) in [4.78, 5) is 11.1. The fraction of sp³-hybridized carbons (Fsp3) is 0.353. The van der Waals surface area contributed by atoms with Gasteiger partial charge >= 0.3 is 0 Å². The van der Waals surface area contributed by atoms with E-state index in [4.69, 9.17) is 10.5 Å². The predicted octanol–water partition coefficient (Wildman–Crippen LogP) is 2.59. The number of rotatable bonds is 6. The number of primary amides is 1. The van der Waals surface area contributed by atoms with Crippen LogP contribution >= 0.6 is 0 Å². The van der Waals surface area contributed by atoms with Crippen LogP contribution in [0.5, 0.6) is 5.75 Å². The van der Waals surface area contributed by atoms with Crippen LogP contribution in [0.4, 0.5) is 0 Å². The minimum Gasteiger partial charge on any atom is -0.496 e. The van der Waals surface area contributed by atoms with Crippen LogP contribution in [0.15, 0.2) is 36.4 Å². The molecule has 0 spiro atoms. The molecule has 21 heavy (non-hydrogen) atoms. The number of ether oxygens (including phenoxy) is 1. The third-order valence-electron chi connectivity index (χ3n) is 3.57. The van der Waals surface area contributed by atoms with Crippen LogP contribution in [0.2, 0.25) is 0 Å². The molecule has 0 atom stereocenters. The molecule has 0 aliphatic carbocycles. The number of amides is 1. The smallest absolute Gasteiger partial charge is 0.219 e. The lowest BCUT2D eigenvalue weighted by Gasteiger charge is -2.25. The molecule has 3 N–H and O–H groups in total. The zero-order valence-corrected chi connectivity index (χ0v) is 12.8. The van der Waals surface area contributed by atoms with Gasteiger partial charge in [0.05, 0.1) is 7.11 Å². The second-order valence-electron chi connectivity index (χ2n) is 5.85. The number of hydrogen-bond acceptors (Lipinski definition) is 3. The van der Waals surface area contributed by atoms with Gasteiger partial charge in [0, 0.05) is 23.9 Å². The maximum absolute atomic E-state index is 11.1. The highest BCUT2D eigenvalue weighted by molar-refractivity contribution is 5.91. The van der Waals surface area contributed by atoms with Crippen LogP contribution < -0.4 is 15.8 Å². The summed E-state index contributed by atoms with van der Waals surface area (Å²) in [5.74, 6) is 0.567. The van der Waals surface area contributed by atoms with Crippen LogP contribution in [0.3, 0.4) is 0 Å². The summed E-state index contributed by atoms with van der Waals surface area (Å²) in [5.41, 5.74) is 6.12. The van der Waals surface area contributed by atoms with E-state index < -0.39 is 0 Å². The van der Waals surface area contributed by atoms with Gasteiger partial charge in [0.15, 0.2) is 0 Å². The second kappa shape index (κ2) is 6.14. The highest BCUT2D eigenvalue weighted by Gasteiger charge is 2.20. The maximum atomic E-state index is 11.1. The Morgan fingerprint density at radius 2 is 1.86 bits per heavy atom. The van der Waals surface area contributed by atoms with E-state index in [2.05, 4.69) is 17.4 Å². The van der Waals surface area contributed by atoms with Gasteiger partial charge in [-0.3, -0.25) is 4.79 Å². The average Bonchev–Trinajstić information content (AvgIpc) is 2.43. The number of carbonyl (C=O) groups excluding carboxylic acids is 1. The number of nitrogens with two attached hydrogens (primary N) is 1. The van der Waals surface area contributed by atoms with E-state index in [1.807, 2.05) is 38.1 Å². The number of benzene rings is 2. The summed E-state index contributed by atoms with van der Waals surface area (Å²) in [6.45, 7) is 4.62. The highest BCUT2D eigenvalue weighted by atomic mass is 16.5. The molecule has 2 aromatic carbocycles. The number of fused-ring (bicyclic) bond motifs is 1. The van der Waals surface area contributed by atoms with Crippen LogP contribution in [0.25, 0.3) is 10.8 Å². The van der Waals surface area contributed by atoms with Crippen molar-refractivity contribution in [1.82, 2.24) is 5.32 Å². The van der Waals surface area contributed by atoms with Crippen molar-refractivity contribution in [3.05, 3.63) is 42.0 Å². The summed E-state index contributed by atoms with van der Waals surface area (Å²) in [6, 6.07) is 12.2. The monoisotopic (exact) mass is 286 g/mol. The first-order valence-electron chi connectivity index (χ1n) is 7.01. The Hall–Kier alpha value is -2.07. The first-order chi connectivity index (χ1) is 9.93. The zero-order valence-electron chi connectivity index (χ0n) is 12.8. The van der Waals surface area contributed by atoms with Gasteiger partial charge in [0.2, 0.25) is 5.91 Å². The minimum atomic E-state index is -0.327. The Balaban J connectivity index is 2.25. The lowest BCUT2D eigenvalue weighted by atomic mass is 9.98. The number of hydrogen-bond donors (Lipinski definition) is 2. The lowest BCUT2D eigenvalue weighted by Crippen LogP contribution is -2.42. The molecule has 0 aliphatic rings. The summed E-state index contributed by atoms with van der Waals surface area (Å²) in [5, 5.41) is 5.64. The predicted molar refractivity (Wildman–Crippen MR) is 85.2 cm³/mol. The molecule has 0 aromatic heterocycles. The molecule has 4 nitrogen and oxygen atoms in total. The molecule has 0 unspecified atom stereocenters. The van der Waals surface area contributed by atoms with Crippen molar-refractivity contribution in [3.63, 3.8) is 0 Å². The highest BCUT2D eigenvalue weighted by Crippen LogP contribution is 2.28. The Morgan fingerprint density at radius 3 is 2.48 bits per heavy atom. The van der Waals surface area contributed by atoms with Crippen molar-refractivity contribution < 1.29 is 9.53 Å². The van der Waals surface area contributed by atoms with E-state index in [1.165, 1.54) is 5.56 Å². The SMILES string of the molecule is COc1ccc(CNC(C)(C)CC(N)=O)c2ccccc12. The Bertz CT molecular complexity index is 650. The van der Waals surface area contributed by atoms with Gasteiger partial charge in [-0.2, -0.15) is 0 Å². The van der Waals surface area contributed by atoms with Crippen molar-refractivity contribution in [3.8, 4) is 5.75 Å². The summed E-state index contributed by atoms with van der Waals surface area (Å²) in [7, 11) is 1.68. The van der Waals surface area contributed by atoms with Crippen molar-refractivity contribution in [2.75, 3.05) is 7.11 Å². The standard InChI is InChI=1S/C17H22N2O2/c1-17(2,10-16(18)20)19-11-12-8-9-15(21-3)14-7-5-4-6-13(12)14/h4-9,19H,10-11H2,1-3H3,(H2,18,20). The van der Waals surface area contributed by atoms with Crippen LogP contribution in [-0.4, -0.2) is 18.6 Å². The van der Waals surface area contributed by atoms with Gasteiger partial charge in [-0.15, -0.1) is 0 Å². The molecule has 2 aromatic rings. The largest absolute Gasteiger partial charge is 0.496 e. The van der Waals surface area contributed by atoms with Crippen molar-refractivity contribution >= 4 is 16.7 Å². The van der Waals surface area contributed by atoms with E-state index >= 15 is 0 Å². The van der Waals surface area contributed by atoms with E-state index in [-0.39, 0.29) is 11.4 Å². The molecule has 0 saturated carbocycles. The van der Waals surface area contributed by atoms with Crippen molar-refractivity contribution in [2.45, 2.75) is 32.4 Å². The summed E-state index contributed by atoms with van der Waals surface area (Å²) >= 11 is 0. The molecule has 0 fully saturated rings. The minimum absolute atomic E-state index is 0.299. The second-order valence-corrected chi connectivity index (χ2v) is 5.85. The van der Waals surface area contributed by atoms with Crippen LogP contribution in [0, 0.1) is 0 Å². The number of carbonyl (C=O) groups is 1. The molecular weight excluding hydrogens is 264 g/mol. The van der Waals surface area contributed by atoms with Crippen LogP contribution in [-0.2, 0) is 11.3 Å². The van der Waals surface area contributed by atoms with E-state index in [9.17, 15) is 4.79 Å². The van der Waals surface area contributed by atoms with Gasteiger partial charge in [-0.1, -0.05) is 30.3 Å². The summed E-state index contributed by atoms with van der Waals surface area (Å²) < 4.78 is 5.40. The molecule has 2 rings (SSSR count). The van der Waals surface area contributed by atoms with E-state index in [0.717, 1.165) is 16.5 Å². The fourth-order valence-corrected chi connectivity index (χ4v) is 2.50. The lowest BCUT2D eigenvalue weighted by molar-refractivity contribution is -0.119. The number of methoxy groups -OCH3 is 1.